The molecule has 4 nitrogen and oxygen atoms in total. The average Bonchev–Trinajstić information content (AvgIpc) is 2.31. The zero-order valence-electron chi connectivity index (χ0n) is 12.5. The van der Waals surface area contributed by atoms with Crippen LogP contribution in [0.5, 0.6) is 0 Å². The van der Waals surface area contributed by atoms with Crippen LogP contribution in [-0.2, 0) is 4.74 Å². The molecule has 0 saturated carbocycles. The fourth-order valence-electron chi connectivity index (χ4n) is 1.62. The first-order valence-electron chi connectivity index (χ1n) is 6.71. The molecule has 0 aromatic carbocycles. The van der Waals surface area contributed by atoms with Crippen LogP contribution < -0.4 is 10.6 Å². The Morgan fingerprint density at radius 1 is 1.17 bits per heavy atom. The Balaban J connectivity index is 0. The van der Waals surface area contributed by atoms with Crippen LogP contribution in [0.3, 0.4) is 0 Å². The molecule has 0 radical (unpaired) electrons. The SMILES string of the molecule is CCCNC(=NC)NCCC(OCC)C(C)C.I. The summed E-state index contributed by atoms with van der Waals surface area (Å²) in [6.45, 7) is 11.2. The van der Waals surface area contributed by atoms with E-state index in [0.717, 1.165) is 38.5 Å². The number of hydrogen-bond acceptors (Lipinski definition) is 2. The molecule has 110 valence electrons. The summed E-state index contributed by atoms with van der Waals surface area (Å²) < 4.78 is 5.70. The molecule has 0 saturated heterocycles. The first kappa shape index (κ1) is 20.3. The number of nitrogens with zero attached hydrogens (tertiary/aromatic N) is 1. The zero-order chi connectivity index (χ0) is 13.1. The second kappa shape index (κ2) is 13.4. The Kier molecular flexibility index (Phi) is 15.1. The molecule has 0 amide bonds. The number of nitrogens with one attached hydrogen (secondary N) is 2. The monoisotopic (exact) mass is 371 g/mol. The minimum Gasteiger partial charge on any atom is -0.378 e. The summed E-state index contributed by atoms with van der Waals surface area (Å²) in [6.07, 6.45) is 2.45. The van der Waals surface area contributed by atoms with E-state index in [4.69, 9.17) is 4.74 Å². The van der Waals surface area contributed by atoms with Gasteiger partial charge in [0.25, 0.3) is 0 Å². The summed E-state index contributed by atoms with van der Waals surface area (Å²) in [4.78, 5) is 4.17. The van der Waals surface area contributed by atoms with Crippen LogP contribution in [0.4, 0.5) is 0 Å². The molecule has 0 aromatic heterocycles. The molecule has 0 heterocycles. The van der Waals surface area contributed by atoms with E-state index in [0.29, 0.717) is 12.0 Å². The van der Waals surface area contributed by atoms with Crippen LogP contribution in [0.15, 0.2) is 4.99 Å². The highest BCUT2D eigenvalue weighted by Gasteiger charge is 2.12. The lowest BCUT2D eigenvalue weighted by molar-refractivity contribution is 0.0258. The van der Waals surface area contributed by atoms with Crippen molar-refractivity contribution in [3.63, 3.8) is 0 Å². The predicted molar refractivity (Wildman–Crippen MR) is 89.9 cm³/mol. The summed E-state index contributed by atoms with van der Waals surface area (Å²) >= 11 is 0. The van der Waals surface area contributed by atoms with Crippen molar-refractivity contribution in [1.82, 2.24) is 10.6 Å². The molecular weight excluding hydrogens is 341 g/mol. The lowest BCUT2D eigenvalue weighted by Gasteiger charge is -2.21. The molecule has 1 unspecified atom stereocenters. The second-order valence-corrected chi connectivity index (χ2v) is 4.45. The van der Waals surface area contributed by atoms with E-state index in [1.54, 1.807) is 7.05 Å². The van der Waals surface area contributed by atoms with E-state index in [1.807, 2.05) is 6.92 Å². The minimum atomic E-state index is 0. The van der Waals surface area contributed by atoms with Gasteiger partial charge in [0.1, 0.15) is 0 Å². The normalized spacial score (nSPS) is 13.1. The molecule has 0 spiro atoms. The molecule has 1 atom stereocenters. The van der Waals surface area contributed by atoms with Gasteiger partial charge in [-0.05, 0) is 25.7 Å². The maximum Gasteiger partial charge on any atom is 0.190 e. The quantitative estimate of drug-likeness (QED) is 0.392. The van der Waals surface area contributed by atoms with Crippen molar-refractivity contribution in [2.75, 3.05) is 26.7 Å². The van der Waals surface area contributed by atoms with Crippen molar-refractivity contribution in [2.24, 2.45) is 10.9 Å². The minimum absolute atomic E-state index is 0. The van der Waals surface area contributed by atoms with Crippen LogP contribution in [-0.4, -0.2) is 38.8 Å². The van der Waals surface area contributed by atoms with Gasteiger partial charge in [-0.25, -0.2) is 0 Å². The Labute approximate surface area is 129 Å². The highest BCUT2D eigenvalue weighted by Crippen LogP contribution is 2.09. The number of ether oxygens (including phenoxy) is 1. The lowest BCUT2D eigenvalue weighted by Crippen LogP contribution is -2.39. The highest BCUT2D eigenvalue weighted by atomic mass is 127. The molecule has 0 aliphatic heterocycles. The fraction of sp³-hybridized carbons (Fsp3) is 0.923. The van der Waals surface area contributed by atoms with E-state index in [1.165, 1.54) is 0 Å². The van der Waals surface area contributed by atoms with Gasteiger partial charge in [-0.15, -0.1) is 24.0 Å². The molecule has 2 N–H and O–H groups in total. The number of rotatable bonds is 8. The van der Waals surface area contributed by atoms with Gasteiger partial charge in [-0.1, -0.05) is 20.8 Å². The van der Waals surface area contributed by atoms with Crippen molar-refractivity contribution < 1.29 is 4.74 Å². The van der Waals surface area contributed by atoms with E-state index >= 15 is 0 Å². The number of halogens is 1. The third-order valence-electron chi connectivity index (χ3n) is 2.61. The van der Waals surface area contributed by atoms with Crippen molar-refractivity contribution in [3.8, 4) is 0 Å². The summed E-state index contributed by atoms with van der Waals surface area (Å²) in [6, 6.07) is 0. The van der Waals surface area contributed by atoms with Crippen LogP contribution in [0.25, 0.3) is 0 Å². The summed E-state index contributed by atoms with van der Waals surface area (Å²) in [5, 5.41) is 6.56. The van der Waals surface area contributed by atoms with Crippen LogP contribution >= 0.6 is 24.0 Å². The van der Waals surface area contributed by atoms with Crippen molar-refractivity contribution in [3.05, 3.63) is 0 Å². The molecule has 0 aliphatic rings. The van der Waals surface area contributed by atoms with E-state index in [2.05, 4.69) is 36.4 Å². The first-order chi connectivity index (χ1) is 8.15. The summed E-state index contributed by atoms with van der Waals surface area (Å²) in [5.41, 5.74) is 0. The number of guanidine groups is 1. The van der Waals surface area contributed by atoms with Crippen LogP contribution in [0.1, 0.15) is 40.5 Å². The Morgan fingerprint density at radius 2 is 1.78 bits per heavy atom. The smallest absolute Gasteiger partial charge is 0.190 e. The Morgan fingerprint density at radius 3 is 2.22 bits per heavy atom. The molecule has 0 rings (SSSR count). The third-order valence-corrected chi connectivity index (χ3v) is 2.61. The van der Waals surface area contributed by atoms with Gasteiger partial charge in [0.15, 0.2) is 5.96 Å². The molecular formula is C13H30IN3O. The standard InChI is InChI=1S/C13H29N3O.HI/c1-6-9-15-13(14-5)16-10-8-12(11(3)4)17-7-2;/h11-12H,6-10H2,1-5H3,(H2,14,15,16);1H. The van der Waals surface area contributed by atoms with Crippen LogP contribution in [0.2, 0.25) is 0 Å². The van der Waals surface area contributed by atoms with Gasteiger partial charge < -0.3 is 15.4 Å². The Bertz CT molecular complexity index is 210. The maximum atomic E-state index is 5.70. The summed E-state index contributed by atoms with van der Waals surface area (Å²) in [7, 11) is 1.80. The average molecular weight is 371 g/mol. The van der Waals surface area contributed by atoms with Gasteiger partial charge in [0.05, 0.1) is 6.10 Å². The van der Waals surface area contributed by atoms with E-state index < -0.39 is 0 Å². The molecule has 5 heteroatoms. The third kappa shape index (κ3) is 9.94. The number of aliphatic imine (C=N–C) groups is 1. The van der Waals surface area contributed by atoms with Crippen molar-refractivity contribution in [1.29, 1.82) is 0 Å². The van der Waals surface area contributed by atoms with Crippen LogP contribution in [0, 0.1) is 5.92 Å². The summed E-state index contributed by atoms with van der Waals surface area (Å²) in [5.74, 6) is 1.44. The number of hydrogen-bond donors (Lipinski definition) is 2. The Hall–Kier alpha value is -0.0400. The predicted octanol–water partition coefficient (Wildman–Crippen LogP) is 2.63. The molecule has 0 aromatic rings. The zero-order valence-corrected chi connectivity index (χ0v) is 14.8. The largest absolute Gasteiger partial charge is 0.378 e. The highest BCUT2D eigenvalue weighted by molar-refractivity contribution is 14.0. The van der Waals surface area contributed by atoms with Gasteiger partial charge in [-0.3, -0.25) is 4.99 Å². The van der Waals surface area contributed by atoms with Crippen molar-refractivity contribution >= 4 is 29.9 Å². The van der Waals surface area contributed by atoms with E-state index in [9.17, 15) is 0 Å². The maximum absolute atomic E-state index is 5.70. The molecule has 18 heavy (non-hydrogen) atoms. The molecule has 0 bridgehead atoms. The molecule has 0 fully saturated rings. The van der Waals surface area contributed by atoms with E-state index in [-0.39, 0.29) is 24.0 Å². The van der Waals surface area contributed by atoms with Gasteiger partial charge in [0.2, 0.25) is 0 Å². The first-order valence-corrected chi connectivity index (χ1v) is 6.71. The van der Waals surface area contributed by atoms with Gasteiger partial charge in [0, 0.05) is 26.7 Å². The molecule has 0 aliphatic carbocycles. The van der Waals surface area contributed by atoms with Gasteiger partial charge >= 0.3 is 0 Å². The lowest BCUT2D eigenvalue weighted by atomic mass is 10.0. The topological polar surface area (TPSA) is 45.7 Å². The second-order valence-electron chi connectivity index (χ2n) is 4.45. The van der Waals surface area contributed by atoms with Gasteiger partial charge in [-0.2, -0.15) is 0 Å². The fourth-order valence-corrected chi connectivity index (χ4v) is 1.62. The van der Waals surface area contributed by atoms with Crippen molar-refractivity contribution in [2.45, 2.75) is 46.6 Å².